The summed E-state index contributed by atoms with van der Waals surface area (Å²) in [6.45, 7) is 1.91. The molecule has 2 nitrogen and oxygen atoms in total. The first-order valence-electron chi connectivity index (χ1n) is 4.04. The minimum Gasteiger partial charge on any atom is -0.327 e. The molecular weight excluding hydrogens is 126 g/mol. The van der Waals surface area contributed by atoms with E-state index in [1.165, 1.54) is 0 Å². The average molecular weight is 141 g/mol. The number of hydrogen-bond donors (Lipinski definition) is 1. The third-order valence-electron chi connectivity index (χ3n) is 2.33. The normalized spacial score (nSPS) is 32.6. The summed E-state index contributed by atoms with van der Waals surface area (Å²) < 4.78 is 0. The van der Waals surface area contributed by atoms with E-state index in [1.807, 2.05) is 6.92 Å². The Balaban J connectivity index is 2.46. The molecule has 58 valence electrons. The van der Waals surface area contributed by atoms with Crippen LogP contribution in [0.1, 0.15) is 32.6 Å². The fourth-order valence-corrected chi connectivity index (χ4v) is 1.65. The molecule has 0 bridgehead atoms. The van der Waals surface area contributed by atoms with Crippen molar-refractivity contribution in [3.63, 3.8) is 0 Å². The Bertz CT molecular complexity index is 133. The lowest BCUT2D eigenvalue weighted by Gasteiger charge is -2.11. The van der Waals surface area contributed by atoms with Crippen molar-refractivity contribution in [3.05, 3.63) is 0 Å². The maximum atomic E-state index is 11.1. The highest BCUT2D eigenvalue weighted by molar-refractivity contribution is 5.81. The zero-order chi connectivity index (χ0) is 7.56. The number of nitrogens with two attached hydrogens (primary N) is 1. The molecule has 0 heterocycles. The Labute approximate surface area is 61.8 Å². The van der Waals surface area contributed by atoms with E-state index in [4.69, 9.17) is 5.73 Å². The standard InChI is InChI=1S/C8H15NO/c1-2-8(10)6-4-3-5-7(6)9/h6-7H,2-5,9H2,1H3/t6-,7+/m0/s1. The van der Waals surface area contributed by atoms with Crippen LogP contribution in [0.3, 0.4) is 0 Å². The summed E-state index contributed by atoms with van der Waals surface area (Å²) in [6, 6.07) is 0.160. The molecule has 0 aliphatic heterocycles. The molecule has 2 N–H and O–H groups in total. The lowest BCUT2D eigenvalue weighted by atomic mass is 9.97. The zero-order valence-electron chi connectivity index (χ0n) is 6.47. The molecule has 0 radical (unpaired) electrons. The lowest BCUT2D eigenvalue weighted by molar-refractivity contribution is -0.122. The molecule has 2 atom stereocenters. The van der Waals surface area contributed by atoms with Crippen molar-refractivity contribution >= 4 is 5.78 Å². The molecule has 0 spiro atoms. The van der Waals surface area contributed by atoms with Crippen molar-refractivity contribution in [1.29, 1.82) is 0 Å². The van der Waals surface area contributed by atoms with E-state index < -0.39 is 0 Å². The summed E-state index contributed by atoms with van der Waals surface area (Å²) in [4.78, 5) is 11.1. The monoisotopic (exact) mass is 141 g/mol. The largest absolute Gasteiger partial charge is 0.327 e. The first-order valence-corrected chi connectivity index (χ1v) is 4.04. The van der Waals surface area contributed by atoms with Crippen LogP contribution in [0, 0.1) is 5.92 Å². The highest BCUT2D eigenvalue weighted by Gasteiger charge is 2.28. The molecule has 0 amide bonds. The van der Waals surface area contributed by atoms with Crippen molar-refractivity contribution in [2.24, 2.45) is 11.7 Å². The van der Waals surface area contributed by atoms with Crippen molar-refractivity contribution < 1.29 is 4.79 Å². The SMILES string of the molecule is CCC(=O)[C@H]1CCC[C@H]1N. The van der Waals surface area contributed by atoms with Crippen LogP contribution >= 0.6 is 0 Å². The van der Waals surface area contributed by atoms with E-state index in [-0.39, 0.29) is 12.0 Å². The van der Waals surface area contributed by atoms with Crippen molar-refractivity contribution in [2.45, 2.75) is 38.6 Å². The molecule has 0 aromatic rings. The van der Waals surface area contributed by atoms with Gasteiger partial charge in [0, 0.05) is 18.4 Å². The second kappa shape index (κ2) is 3.15. The second-order valence-corrected chi connectivity index (χ2v) is 3.02. The van der Waals surface area contributed by atoms with Gasteiger partial charge in [0.25, 0.3) is 0 Å². The molecule has 0 unspecified atom stereocenters. The van der Waals surface area contributed by atoms with Gasteiger partial charge in [0.1, 0.15) is 5.78 Å². The minimum atomic E-state index is 0.160. The Hall–Kier alpha value is -0.370. The third-order valence-corrected chi connectivity index (χ3v) is 2.33. The van der Waals surface area contributed by atoms with Gasteiger partial charge in [0.15, 0.2) is 0 Å². The maximum absolute atomic E-state index is 11.1. The van der Waals surface area contributed by atoms with Gasteiger partial charge in [-0.2, -0.15) is 0 Å². The summed E-state index contributed by atoms with van der Waals surface area (Å²) >= 11 is 0. The molecule has 0 aromatic carbocycles. The first-order chi connectivity index (χ1) is 4.75. The predicted molar refractivity (Wildman–Crippen MR) is 40.6 cm³/mol. The summed E-state index contributed by atoms with van der Waals surface area (Å²) in [6.07, 6.45) is 3.85. The van der Waals surface area contributed by atoms with Crippen molar-refractivity contribution in [2.75, 3.05) is 0 Å². The molecule has 1 rings (SSSR count). The van der Waals surface area contributed by atoms with Gasteiger partial charge in [-0.25, -0.2) is 0 Å². The highest BCUT2D eigenvalue weighted by atomic mass is 16.1. The van der Waals surface area contributed by atoms with Gasteiger partial charge in [0.05, 0.1) is 0 Å². The minimum absolute atomic E-state index is 0.160. The van der Waals surface area contributed by atoms with Crippen LogP contribution in [0.15, 0.2) is 0 Å². The summed E-state index contributed by atoms with van der Waals surface area (Å²) in [7, 11) is 0. The van der Waals surface area contributed by atoms with Crippen molar-refractivity contribution in [1.82, 2.24) is 0 Å². The second-order valence-electron chi connectivity index (χ2n) is 3.02. The number of carbonyl (C=O) groups is 1. The van der Waals surface area contributed by atoms with Gasteiger partial charge in [-0.05, 0) is 12.8 Å². The smallest absolute Gasteiger partial charge is 0.137 e. The van der Waals surface area contributed by atoms with E-state index >= 15 is 0 Å². The van der Waals surface area contributed by atoms with Gasteiger partial charge >= 0.3 is 0 Å². The third kappa shape index (κ3) is 1.37. The molecule has 2 heteroatoms. The fraction of sp³-hybridized carbons (Fsp3) is 0.875. The molecular formula is C8H15NO. The maximum Gasteiger partial charge on any atom is 0.137 e. The highest BCUT2D eigenvalue weighted by Crippen LogP contribution is 2.25. The first kappa shape index (κ1) is 7.73. The molecule has 0 saturated heterocycles. The van der Waals surface area contributed by atoms with Crippen LogP contribution in [-0.2, 0) is 4.79 Å². The molecule has 1 aliphatic carbocycles. The van der Waals surface area contributed by atoms with Gasteiger partial charge < -0.3 is 5.73 Å². The van der Waals surface area contributed by atoms with Crippen LogP contribution in [-0.4, -0.2) is 11.8 Å². The van der Waals surface area contributed by atoms with Gasteiger partial charge in [0.2, 0.25) is 0 Å². The molecule has 1 aliphatic rings. The van der Waals surface area contributed by atoms with Crippen LogP contribution in [0.25, 0.3) is 0 Å². The number of carbonyl (C=O) groups excluding carboxylic acids is 1. The summed E-state index contributed by atoms with van der Waals surface area (Å²) in [5, 5.41) is 0. The Morgan fingerprint density at radius 1 is 1.60 bits per heavy atom. The summed E-state index contributed by atoms with van der Waals surface area (Å²) in [5.41, 5.74) is 5.73. The van der Waals surface area contributed by atoms with Crippen molar-refractivity contribution in [3.8, 4) is 0 Å². The Kier molecular flexibility index (Phi) is 2.44. The number of rotatable bonds is 2. The number of Topliss-reactive ketones (excluding diaryl/α,β-unsaturated/α-hetero) is 1. The van der Waals surface area contributed by atoms with Crippen LogP contribution < -0.4 is 5.73 Å². The quantitative estimate of drug-likeness (QED) is 0.625. The lowest BCUT2D eigenvalue weighted by Crippen LogP contribution is -2.30. The summed E-state index contributed by atoms with van der Waals surface area (Å²) in [5.74, 6) is 0.537. The molecule has 1 saturated carbocycles. The average Bonchev–Trinajstić information content (AvgIpc) is 2.34. The number of hydrogen-bond acceptors (Lipinski definition) is 2. The Morgan fingerprint density at radius 2 is 2.30 bits per heavy atom. The van der Waals surface area contributed by atoms with Gasteiger partial charge in [-0.1, -0.05) is 13.3 Å². The van der Waals surface area contributed by atoms with Gasteiger partial charge in [-0.3, -0.25) is 4.79 Å². The van der Waals surface area contributed by atoms with E-state index in [9.17, 15) is 4.79 Å². The Morgan fingerprint density at radius 3 is 2.70 bits per heavy atom. The van der Waals surface area contributed by atoms with E-state index in [0.717, 1.165) is 19.3 Å². The molecule has 10 heavy (non-hydrogen) atoms. The fourth-order valence-electron chi connectivity index (χ4n) is 1.65. The number of ketones is 1. The zero-order valence-corrected chi connectivity index (χ0v) is 6.47. The topological polar surface area (TPSA) is 43.1 Å². The van der Waals surface area contributed by atoms with Crippen LogP contribution in [0.2, 0.25) is 0 Å². The van der Waals surface area contributed by atoms with Crippen LogP contribution in [0.4, 0.5) is 0 Å². The van der Waals surface area contributed by atoms with Crippen LogP contribution in [0.5, 0.6) is 0 Å². The molecule has 0 aromatic heterocycles. The predicted octanol–water partition coefficient (Wildman–Crippen LogP) is 1.09. The van der Waals surface area contributed by atoms with Gasteiger partial charge in [-0.15, -0.1) is 0 Å². The van der Waals surface area contributed by atoms with E-state index in [1.54, 1.807) is 0 Å². The van der Waals surface area contributed by atoms with E-state index in [2.05, 4.69) is 0 Å². The van der Waals surface area contributed by atoms with E-state index in [0.29, 0.717) is 12.2 Å². The molecule has 1 fully saturated rings.